The maximum Gasteiger partial charge on any atom is 0.214 e. The van der Waals surface area contributed by atoms with Crippen LogP contribution in [0.25, 0.3) is 16.3 Å². The number of hydrogen-bond acceptors (Lipinski definition) is 1. The number of likely N-dealkylation sites (N-methyl/N-ethyl adjacent to an activating group) is 1. The lowest BCUT2D eigenvalue weighted by Crippen LogP contribution is -2.23. The van der Waals surface area contributed by atoms with Gasteiger partial charge < -0.3 is 4.90 Å². The highest BCUT2D eigenvalue weighted by molar-refractivity contribution is 6.21. The molecule has 0 spiro atoms. The van der Waals surface area contributed by atoms with Gasteiger partial charge in [-0.1, -0.05) is 97.1 Å². The average molecular weight is 492 g/mol. The molecule has 0 aliphatic carbocycles. The van der Waals surface area contributed by atoms with Crippen LogP contribution < -0.4 is 4.90 Å². The zero-order chi connectivity index (χ0) is 25.8. The highest BCUT2D eigenvalue weighted by atomic mass is 15.2. The first kappa shape index (κ1) is 22.7. The zero-order valence-electron chi connectivity index (χ0n) is 22.1. The second-order valence-electron chi connectivity index (χ2n) is 10.5. The number of benzene rings is 5. The number of para-hydroxylation sites is 1. The Morgan fingerprint density at radius 2 is 1.47 bits per heavy atom. The lowest BCUT2D eigenvalue weighted by molar-refractivity contribution is -0.399. The molecule has 2 atom stereocenters. The molecule has 2 aliphatic rings. The summed E-state index contributed by atoms with van der Waals surface area (Å²) in [5.41, 5.74) is 11.8. The molecule has 2 aliphatic heterocycles. The minimum atomic E-state index is 0.184. The summed E-state index contributed by atoms with van der Waals surface area (Å²) in [4.78, 5) is 2.47. The highest BCUT2D eigenvalue weighted by Gasteiger charge is 2.41. The van der Waals surface area contributed by atoms with E-state index in [0.717, 1.165) is 0 Å². The normalized spacial score (nSPS) is 18.4. The first-order valence-electron chi connectivity index (χ1n) is 13.4. The summed E-state index contributed by atoms with van der Waals surface area (Å²) in [6, 6.07) is 42.3. The Morgan fingerprint density at radius 1 is 0.763 bits per heavy atom. The Kier molecular flexibility index (Phi) is 5.30. The Hall–Kier alpha value is -4.43. The number of fused-ring (bicyclic) bond motifs is 1. The van der Waals surface area contributed by atoms with Gasteiger partial charge in [-0.25, -0.2) is 0 Å². The quantitative estimate of drug-likeness (QED) is 0.229. The standard InChI is InChI=1S/C36H31N2/c1-24-13-7-8-18-27(24)30(23-33-29-20-11-16-25-17-12-22-32(34(25)29)37(33)2)35-28-19-9-10-21-31(28)38(3)36(35)26-14-5-4-6-15-26/h4-23,35-36H,1-3H3/q+1. The third-order valence-corrected chi connectivity index (χ3v) is 8.49. The van der Waals surface area contributed by atoms with Gasteiger partial charge in [-0.05, 0) is 52.3 Å². The molecule has 0 amide bonds. The van der Waals surface area contributed by atoms with E-state index in [1.165, 1.54) is 61.2 Å². The van der Waals surface area contributed by atoms with E-state index >= 15 is 0 Å². The molecule has 2 heterocycles. The van der Waals surface area contributed by atoms with E-state index < -0.39 is 0 Å². The maximum atomic E-state index is 2.48. The number of hydrogen-bond donors (Lipinski definition) is 0. The molecule has 7 rings (SSSR count). The van der Waals surface area contributed by atoms with Crippen LogP contribution in [0.4, 0.5) is 11.4 Å². The fourth-order valence-corrected chi connectivity index (χ4v) is 6.70. The number of nitrogens with zero attached hydrogens (tertiary/aromatic N) is 2. The van der Waals surface area contributed by atoms with Crippen LogP contribution in [0.15, 0.2) is 121 Å². The second kappa shape index (κ2) is 8.85. The maximum absolute atomic E-state index is 2.48. The molecule has 38 heavy (non-hydrogen) atoms. The summed E-state index contributed by atoms with van der Waals surface area (Å²) in [6.45, 7) is 2.24. The monoisotopic (exact) mass is 491 g/mol. The summed E-state index contributed by atoms with van der Waals surface area (Å²) in [6.07, 6.45) is 2.48. The number of aryl methyl sites for hydroxylation is 1. The first-order valence-corrected chi connectivity index (χ1v) is 13.4. The van der Waals surface area contributed by atoms with Gasteiger partial charge in [-0.3, -0.25) is 0 Å². The van der Waals surface area contributed by atoms with E-state index in [2.05, 4.69) is 152 Å². The van der Waals surface area contributed by atoms with Crippen LogP contribution in [-0.2, 0) is 0 Å². The molecule has 0 aromatic heterocycles. The van der Waals surface area contributed by atoms with Gasteiger partial charge in [0.05, 0.1) is 17.0 Å². The molecule has 5 aromatic carbocycles. The molecule has 2 nitrogen and oxygen atoms in total. The summed E-state index contributed by atoms with van der Waals surface area (Å²) < 4.78 is 2.37. The minimum absolute atomic E-state index is 0.184. The predicted octanol–water partition coefficient (Wildman–Crippen LogP) is 8.28. The largest absolute Gasteiger partial charge is 0.366 e. The molecule has 0 radical (unpaired) electrons. The van der Waals surface area contributed by atoms with Crippen molar-refractivity contribution in [2.45, 2.75) is 18.9 Å². The van der Waals surface area contributed by atoms with Crippen LogP contribution in [-0.4, -0.2) is 24.4 Å². The second-order valence-corrected chi connectivity index (χ2v) is 10.5. The topological polar surface area (TPSA) is 6.25 Å². The lowest BCUT2D eigenvalue weighted by Gasteiger charge is -2.30. The Balaban J connectivity index is 1.52. The fourth-order valence-electron chi connectivity index (χ4n) is 6.70. The molecule has 0 fully saturated rings. The van der Waals surface area contributed by atoms with E-state index in [1.807, 2.05) is 0 Å². The molecular formula is C36H31N2+. The molecule has 2 unspecified atom stereocenters. The van der Waals surface area contributed by atoms with Crippen LogP contribution in [0.2, 0.25) is 0 Å². The number of allylic oxidation sites excluding steroid dienone is 1. The van der Waals surface area contributed by atoms with E-state index in [0.29, 0.717) is 0 Å². The van der Waals surface area contributed by atoms with Crippen molar-refractivity contribution in [1.29, 1.82) is 0 Å². The van der Waals surface area contributed by atoms with Gasteiger partial charge in [0.1, 0.15) is 7.05 Å². The third kappa shape index (κ3) is 3.37. The number of anilines is 1. The molecule has 2 heteroatoms. The highest BCUT2D eigenvalue weighted by Crippen LogP contribution is 2.54. The lowest BCUT2D eigenvalue weighted by atomic mass is 9.79. The fraction of sp³-hybridized carbons (Fsp3) is 0.139. The molecule has 5 aromatic rings. The van der Waals surface area contributed by atoms with Crippen LogP contribution in [0.3, 0.4) is 0 Å². The van der Waals surface area contributed by atoms with Crippen molar-refractivity contribution < 1.29 is 4.58 Å². The van der Waals surface area contributed by atoms with Gasteiger partial charge in [0.2, 0.25) is 11.4 Å². The third-order valence-electron chi connectivity index (χ3n) is 8.49. The van der Waals surface area contributed by atoms with Crippen molar-refractivity contribution in [3.8, 4) is 0 Å². The van der Waals surface area contributed by atoms with Crippen molar-refractivity contribution in [1.82, 2.24) is 0 Å². The van der Waals surface area contributed by atoms with Crippen LogP contribution in [0, 0.1) is 6.92 Å². The van der Waals surface area contributed by atoms with E-state index in [9.17, 15) is 0 Å². The summed E-state index contributed by atoms with van der Waals surface area (Å²) in [7, 11) is 4.46. The molecule has 0 saturated carbocycles. The van der Waals surface area contributed by atoms with Crippen molar-refractivity contribution in [3.63, 3.8) is 0 Å². The Morgan fingerprint density at radius 3 is 2.29 bits per heavy atom. The van der Waals surface area contributed by atoms with Crippen LogP contribution in [0.1, 0.15) is 39.8 Å². The summed E-state index contributed by atoms with van der Waals surface area (Å²) in [5, 5.41) is 2.64. The van der Waals surface area contributed by atoms with Crippen molar-refractivity contribution >= 4 is 33.4 Å². The average Bonchev–Trinajstić information content (AvgIpc) is 3.40. The van der Waals surface area contributed by atoms with Gasteiger partial charge in [-0.15, -0.1) is 0 Å². The molecular weight excluding hydrogens is 460 g/mol. The van der Waals surface area contributed by atoms with Gasteiger partial charge in [0.25, 0.3) is 0 Å². The van der Waals surface area contributed by atoms with E-state index in [-0.39, 0.29) is 12.0 Å². The SMILES string of the molecule is Cc1ccccc1C(=CC1=[N+](C)c2cccc3cccc1c23)C1c2ccccc2N(C)C1c1ccccc1. The summed E-state index contributed by atoms with van der Waals surface area (Å²) in [5.74, 6) is 0.184. The molecule has 0 saturated heterocycles. The van der Waals surface area contributed by atoms with E-state index in [4.69, 9.17) is 0 Å². The molecule has 0 bridgehead atoms. The van der Waals surface area contributed by atoms with Crippen molar-refractivity contribution in [3.05, 3.63) is 149 Å². The molecule has 0 N–H and O–H groups in total. The minimum Gasteiger partial charge on any atom is -0.366 e. The van der Waals surface area contributed by atoms with Crippen molar-refractivity contribution in [2.24, 2.45) is 0 Å². The van der Waals surface area contributed by atoms with Crippen molar-refractivity contribution in [2.75, 3.05) is 19.0 Å². The first-order chi connectivity index (χ1) is 18.6. The zero-order valence-corrected chi connectivity index (χ0v) is 22.1. The van der Waals surface area contributed by atoms with Crippen LogP contribution >= 0.6 is 0 Å². The smallest absolute Gasteiger partial charge is 0.214 e. The van der Waals surface area contributed by atoms with Gasteiger partial charge >= 0.3 is 0 Å². The predicted molar refractivity (Wildman–Crippen MR) is 160 cm³/mol. The Bertz CT molecular complexity index is 1750. The summed E-state index contributed by atoms with van der Waals surface area (Å²) >= 11 is 0. The van der Waals surface area contributed by atoms with E-state index in [1.54, 1.807) is 0 Å². The van der Waals surface area contributed by atoms with Gasteiger partial charge in [0, 0.05) is 30.8 Å². The molecule has 184 valence electrons. The van der Waals surface area contributed by atoms with Gasteiger partial charge in [-0.2, -0.15) is 4.58 Å². The van der Waals surface area contributed by atoms with Crippen LogP contribution in [0.5, 0.6) is 0 Å². The van der Waals surface area contributed by atoms with Gasteiger partial charge in [0.15, 0.2) is 0 Å². The Labute approximate surface area is 224 Å². The number of rotatable bonds is 4.